The molecule has 0 saturated carbocycles. The number of hydrogen-bond donors (Lipinski definition) is 4. The number of hydrogen-bond acceptors (Lipinski definition) is 4. The van der Waals surface area contributed by atoms with E-state index < -0.39 is 6.03 Å². The van der Waals surface area contributed by atoms with E-state index in [0.29, 0.717) is 5.69 Å². The number of benzene rings is 2. The maximum Gasteiger partial charge on any atom is 0.326 e. The molecular weight excluding hydrogens is 332 g/mol. The van der Waals surface area contributed by atoms with Gasteiger partial charge >= 0.3 is 6.03 Å². The number of carbonyl (C=O) groups is 2. The number of piperazine rings is 1. The summed E-state index contributed by atoms with van der Waals surface area (Å²) in [5.41, 5.74) is 1.46. The topological polar surface area (TPSA) is 86.1 Å². The number of phenolic OH excluding ortho intramolecular Hbond substituents is 1. The molecular formula is C19H23N4O3+. The molecule has 0 atom stereocenters. The van der Waals surface area contributed by atoms with Crippen LogP contribution in [0.15, 0.2) is 54.6 Å². The third-order valence-electron chi connectivity index (χ3n) is 4.39. The zero-order valence-electron chi connectivity index (χ0n) is 14.4. The Balaban J connectivity index is 1.43. The van der Waals surface area contributed by atoms with Crippen molar-refractivity contribution < 1.29 is 19.6 Å². The first-order valence-electron chi connectivity index (χ1n) is 8.64. The molecule has 26 heavy (non-hydrogen) atoms. The smallest absolute Gasteiger partial charge is 0.326 e. The maximum absolute atomic E-state index is 12.1. The highest BCUT2D eigenvalue weighted by molar-refractivity contribution is 6.01. The fourth-order valence-corrected chi connectivity index (χ4v) is 3.05. The molecule has 3 amide bonds. The van der Waals surface area contributed by atoms with Gasteiger partial charge in [0.05, 0.1) is 31.9 Å². The van der Waals surface area contributed by atoms with Gasteiger partial charge in [-0.2, -0.15) is 0 Å². The largest absolute Gasteiger partial charge is 0.506 e. The fourth-order valence-electron chi connectivity index (χ4n) is 3.05. The third kappa shape index (κ3) is 4.73. The number of anilines is 2. The van der Waals surface area contributed by atoms with Gasteiger partial charge in [-0.25, -0.2) is 4.79 Å². The Hall–Kier alpha value is -3.06. The monoisotopic (exact) mass is 355 g/mol. The van der Waals surface area contributed by atoms with Crippen molar-refractivity contribution in [1.82, 2.24) is 5.32 Å². The highest BCUT2D eigenvalue weighted by Gasteiger charge is 2.24. The molecule has 0 bridgehead atoms. The molecule has 0 aliphatic carbocycles. The number of rotatable bonds is 4. The van der Waals surface area contributed by atoms with Gasteiger partial charge in [0.25, 0.3) is 5.91 Å². The van der Waals surface area contributed by atoms with Gasteiger partial charge < -0.3 is 20.2 Å². The van der Waals surface area contributed by atoms with Gasteiger partial charge in [-0.15, -0.1) is 0 Å². The maximum atomic E-state index is 12.1. The molecule has 7 heteroatoms. The van der Waals surface area contributed by atoms with Crippen molar-refractivity contribution in [2.75, 3.05) is 42.9 Å². The van der Waals surface area contributed by atoms with Crippen LogP contribution in [-0.2, 0) is 4.79 Å². The lowest BCUT2D eigenvalue weighted by Gasteiger charge is -2.33. The Morgan fingerprint density at radius 3 is 2.35 bits per heavy atom. The first kappa shape index (κ1) is 17.8. The first-order valence-corrected chi connectivity index (χ1v) is 8.64. The van der Waals surface area contributed by atoms with Crippen molar-refractivity contribution in [2.24, 2.45) is 0 Å². The number of para-hydroxylation sites is 3. The van der Waals surface area contributed by atoms with Crippen LogP contribution in [0, 0.1) is 0 Å². The Bertz CT molecular complexity index is 758. The molecule has 1 aliphatic rings. The molecule has 2 aromatic carbocycles. The van der Waals surface area contributed by atoms with Gasteiger partial charge in [-0.3, -0.25) is 10.1 Å². The van der Waals surface area contributed by atoms with Crippen LogP contribution < -0.4 is 20.4 Å². The molecule has 3 rings (SSSR count). The minimum absolute atomic E-state index is 0.247. The van der Waals surface area contributed by atoms with Crippen LogP contribution >= 0.6 is 0 Å². The normalized spacial score (nSPS) is 14.7. The Morgan fingerprint density at radius 1 is 1.00 bits per heavy atom. The first-order chi connectivity index (χ1) is 12.6. The number of nitrogens with one attached hydrogen (secondary N) is 3. The number of phenols is 1. The van der Waals surface area contributed by atoms with E-state index in [2.05, 4.69) is 15.5 Å². The number of aromatic hydroxyl groups is 1. The van der Waals surface area contributed by atoms with E-state index in [0.717, 1.165) is 36.8 Å². The van der Waals surface area contributed by atoms with Crippen LogP contribution in [-0.4, -0.2) is 49.8 Å². The number of quaternary nitrogens is 1. The van der Waals surface area contributed by atoms with Crippen molar-refractivity contribution in [3.8, 4) is 5.75 Å². The minimum atomic E-state index is -0.520. The third-order valence-corrected chi connectivity index (χ3v) is 4.39. The molecule has 2 aromatic rings. The van der Waals surface area contributed by atoms with Crippen molar-refractivity contribution in [3.05, 3.63) is 54.6 Å². The number of nitrogens with zero attached hydrogens (tertiary/aromatic N) is 1. The quantitative estimate of drug-likeness (QED) is 0.641. The second-order valence-electron chi connectivity index (χ2n) is 6.27. The summed E-state index contributed by atoms with van der Waals surface area (Å²) in [6, 6.07) is 15.7. The number of urea groups is 1. The molecule has 0 aromatic heterocycles. The molecule has 1 saturated heterocycles. The van der Waals surface area contributed by atoms with E-state index in [1.54, 1.807) is 24.3 Å². The van der Waals surface area contributed by atoms with E-state index in [1.807, 2.05) is 30.3 Å². The molecule has 0 radical (unpaired) electrons. The van der Waals surface area contributed by atoms with E-state index >= 15 is 0 Å². The van der Waals surface area contributed by atoms with Gasteiger partial charge in [0, 0.05) is 5.69 Å². The van der Waals surface area contributed by atoms with Crippen LogP contribution in [0.3, 0.4) is 0 Å². The van der Waals surface area contributed by atoms with Crippen LogP contribution in [0.25, 0.3) is 0 Å². The van der Waals surface area contributed by atoms with Gasteiger partial charge in [0.15, 0.2) is 6.54 Å². The van der Waals surface area contributed by atoms with Gasteiger partial charge in [0.1, 0.15) is 5.75 Å². The molecule has 136 valence electrons. The lowest BCUT2D eigenvalue weighted by Crippen LogP contribution is -3.16. The van der Waals surface area contributed by atoms with Gasteiger partial charge in [-0.05, 0) is 24.3 Å². The SMILES string of the molecule is O=C(C[NH+]1CCN(c2ccccc2O)CC1)NC(=O)Nc1ccccc1. The summed E-state index contributed by atoms with van der Waals surface area (Å²) in [5, 5.41) is 14.9. The summed E-state index contributed by atoms with van der Waals surface area (Å²) in [6.07, 6.45) is 0. The number of carbonyl (C=O) groups excluding carboxylic acids is 2. The highest BCUT2D eigenvalue weighted by atomic mass is 16.3. The molecule has 1 fully saturated rings. The minimum Gasteiger partial charge on any atom is -0.506 e. The van der Waals surface area contributed by atoms with Gasteiger partial charge in [-0.1, -0.05) is 30.3 Å². The molecule has 1 aliphatic heterocycles. The standard InChI is InChI=1S/C19H22N4O3/c24-17-9-5-4-8-16(17)23-12-10-22(11-13-23)14-18(25)21-19(26)20-15-6-2-1-3-7-15/h1-9,24H,10-14H2,(H2,20,21,25,26)/p+1. The Morgan fingerprint density at radius 2 is 1.65 bits per heavy atom. The molecule has 0 unspecified atom stereocenters. The average Bonchev–Trinajstić information content (AvgIpc) is 2.63. The Kier molecular flexibility index (Phi) is 5.70. The van der Waals surface area contributed by atoms with E-state index in [-0.39, 0.29) is 18.2 Å². The van der Waals surface area contributed by atoms with E-state index in [4.69, 9.17) is 0 Å². The van der Waals surface area contributed by atoms with Crippen LogP contribution in [0.1, 0.15) is 0 Å². The van der Waals surface area contributed by atoms with Crippen molar-refractivity contribution in [3.63, 3.8) is 0 Å². The summed E-state index contributed by atoms with van der Waals surface area (Å²) in [7, 11) is 0. The fraction of sp³-hybridized carbons (Fsp3) is 0.263. The second kappa shape index (κ2) is 8.35. The summed E-state index contributed by atoms with van der Waals surface area (Å²) in [4.78, 5) is 27.1. The predicted molar refractivity (Wildman–Crippen MR) is 99.5 cm³/mol. The molecule has 0 spiro atoms. The zero-order chi connectivity index (χ0) is 18.4. The number of amides is 3. The van der Waals surface area contributed by atoms with E-state index in [1.165, 1.54) is 0 Å². The average molecular weight is 355 g/mol. The predicted octanol–water partition coefficient (Wildman–Crippen LogP) is 0.445. The van der Waals surface area contributed by atoms with E-state index in [9.17, 15) is 14.7 Å². The molecule has 7 nitrogen and oxygen atoms in total. The van der Waals surface area contributed by atoms with Crippen molar-refractivity contribution in [2.45, 2.75) is 0 Å². The van der Waals surface area contributed by atoms with Gasteiger partial charge in [0.2, 0.25) is 0 Å². The highest BCUT2D eigenvalue weighted by Crippen LogP contribution is 2.25. The Labute approximate surface area is 152 Å². The van der Waals surface area contributed by atoms with Crippen molar-refractivity contribution in [1.29, 1.82) is 0 Å². The zero-order valence-corrected chi connectivity index (χ0v) is 14.4. The summed E-state index contributed by atoms with van der Waals surface area (Å²) in [6.45, 7) is 3.27. The summed E-state index contributed by atoms with van der Waals surface area (Å²) >= 11 is 0. The molecule has 4 N–H and O–H groups in total. The lowest BCUT2D eigenvalue weighted by molar-refractivity contribution is -0.892. The lowest BCUT2D eigenvalue weighted by atomic mass is 10.2. The molecule has 1 heterocycles. The van der Waals surface area contributed by atoms with Crippen LogP contribution in [0.5, 0.6) is 5.75 Å². The van der Waals surface area contributed by atoms with Crippen molar-refractivity contribution >= 4 is 23.3 Å². The second-order valence-corrected chi connectivity index (χ2v) is 6.27. The van der Waals surface area contributed by atoms with Crippen LogP contribution in [0.4, 0.5) is 16.2 Å². The summed E-state index contributed by atoms with van der Waals surface area (Å²) in [5.74, 6) is -0.0317. The summed E-state index contributed by atoms with van der Waals surface area (Å²) < 4.78 is 0. The van der Waals surface area contributed by atoms with Crippen LogP contribution in [0.2, 0.25) is 0 Å². The number of imide groups is 1.